The molecule has 0 spiro atoms. The molecule has 0 radical (unpaired) electrons. The third-order valence-electron chi connectivity index (χ3n) is 3.34. The Morgan fingerprint density at radius 1 is 1.22 bits per heavy atom. The zero-order valence-corrected chi connectivity index (χ0v) is 13.4. The number of sulfonamides is 1. The highest BCUT2D eigenvalue weighted by atomic mass is 79.9. The third kappa shape index (κ3) is 3.33. The standard InChI is InChI=1S/C13H20BrNO2S/c1-4-13(5-2,10-14)15-18(16,17)12-9-7-6-8-11(12)3/h6-9,15H,4-5,10H2,1-3H3. The third-order valence-corrected chi connectivity index (χ3v) is 6.16. The second-order valence-corrected chi connectivity index (χ2v) is 6.70. The van der Waals surface area contributed by atoms with E-state index in [2.05, 4.69) is 20.7 Å². The molecule has 1 N–H and O–H groups in total. The van der Waals surface area contributed by atoms with E-state index in [1.165, 1.54) is 0 Å². The van der Waals surface area contributed by atoms with Gasteiger partial charge in [-0.15, -0.1) is 0 Å². The van der Waals surface area contributed by atoms with Crippen LogP contribution >= 0.6 is 15.9 Å². The summed E-state index contributed by atoms with van der Waals surface area (Å²) >= 11 is 3.41. The van der Waals surface area contributed by atoms with Crippen molar-refractivity contribution < 1.29 is 8.42 Å². The number of aryl methyl sites for hydroxylation is 1. The van der Waals surface area contributed by atoms with Crippen LogP contribution in [0.1, 0.15) is 32.3 Å². The highest BCUT2D eigenvalue weighted by Crippen LogP contribution is 2.23. The number of alkyl halides is 1. The Morgan fingerprint density at radius 2 is 1.78 bits per heavy atom. The second-order valence-electron chi connectivity index (χ2n) is 4.49. The fourth-order valence-electron chi connectivity index (χ4n) is 1.81. The van der Waals surface area contributed by atoms with Gasteiger partial charge in [-0.1, -0.05) is 48.0 Å². The minimum absolute atomic E-state index is 0.359. The first kappa shape index (κ1) is 15.7. The number of nitrogens with one attached hydrogen (secondary N) is 1. The van der Waals surface area contributed by atoms with Crippen molar-refractivity contribution in [3.63, 3.8) is 0 Å². The molecule has 0 unspecified atom stereocenters. The van der Waals surface area contributed by atoms with Crippen molar-refractivity contribution in [3.8, 4) is 0 Å². The van der Waals surface area contributed by atoms with Crippen LogP contribution in [-0.4, -0.2) is 19.3 Å². The van der Waals surface area contributed by atoms with Crippen molar-refractivity contribution in [2.24, 2.45) is 0 Å². The number of halogens is 1. The lowest BCUT2D eigenvalue weighted by Crippen LogP contribution is -2.49. The zero-order valence-electron chi connectivity index (χ0n) is 11.0. The molecule has 3 nitrogen and oxygen atoms in total. The summed E-state index contributed by atoms with van der Waals surface area (Å²) in [6.45, 7) is 5.79. The van der Waals surface area contributed by atoms with E-state index >= 15 is 0 Å². The molecule has 0 amide bonds. The van der Waals surface area contributed by atoms with Gasteiger partial charge in [0.15, 0.2) is 0 Å². The van der Waals surface area contributed by atoms with Gasteiger partial charge >= 0.3 is 0 Å². The molecule has 0 aromatic heterocycles. The molecule has 0 aliphatic heterocycles. The van der Waals surface area contributed by atoms with Crippen molar-refractivity contribution in [2.45, 2.75) is 44.0 Å². The van der Waals surface area contributed by atoms with E-state index < -0.39 is 15.6 Å². The average Bonchev–Trinajstić information content (AvgIpc) is 2.36. The molecule has 5 heteroatoms. The lowest BCUT2D eigenvalue weighted by molar-refractivity contribution is 0.398. The van der Waals surface area contributed by atoms with Crippen LogP contribution in [0.25, 0.3) is 0 Å². The molecule has 0 heterocycles. The van der Waals surface area contributed by atoms with Gasteiger partial charge in [-0.25, -0.2) is 13.1 Å². The maximum Gasteiger partial charge on any atom is 0.241 e. The van der Waals surface area contributed by atoms with E-state index in [0.29, 0.717) is 10.2 Å². The Labute approximate surface area is 118 Å². The van der Waals surface area contributed by atoms with E-state index in [9.17, 15) is 8.42 Å². The Hall–Kier alpha value is -0.390. The van der Waals surface area contributed by atoms with Crippen LogP contribution in [0.15, 0.2) is 29.2 Å². The summed E-state index contributed by atoms with van der Waals surface area (Å²) in [4.78, 5) is 0.359. The molecule has 0 saturated carbocycles. The van der Waals surface area contributed by atoms with Crippen LogP contribution < -0.4 is 4.72 Å². The van der Waals surface area contributed by atoms with Gasteiger partial charge in [0.2, 0.25) is 10.0 Å². The first-order valence-electron chi connectivity index (χ1n) is 6.06. The molecule has 0 aliphatic carbocycles. The fraction of sp³-hybridized carbons (Fsp3) is 0.538. The molecular formula is C13H20BrNO2S. The maximum atomic E-state index is 12.4. The van der Waals surface area contributed by atoms with Gasteiger partial charge in [-0.3, -0.25) is 0 Å². The van der Waals surface area contributed by atoms with Crippen LogP contribution in [0.4, 0.5) is 0 Å². The number of benzene rings is 1. The molecule has 1 rings (SSSR count). The molecule has 0 aliphatic rings. The normalized spacial score (nSPS) is 12.7. The predicted molar refractivity (Wildman–Crippen MR) is 78.6 cm³/mol. The van der Waals surface area contributed by atoms with E-state index in [4.69, 9.17) is 0 Å². The van der Waals surface area contributed by atoms with Crippen LogP contribution in [0.3, 0.4) is 0 Å². The Balaban J connectivity index is 3.13. The summed E-state index contributed by atoms with van der Waals surface area (Å²) in [5.41, 5.74) is 0.349. The lowest BCUT2D eigenvalue weighted by Gasteiger charge is -2.30. The summed E-state index contributed by atoms with van der Waals surface area (Å²) in [7, 11) is -3.46. The van der Waals surface area contributed by atoms with E-state index in [1.54, 1.807) is 12.1 Å². The van der Waals surface area contributed by atoms with Gasteiger partial charge in [0, 0.05) is 10.9 Å². The van der Waals surface area contributed by atoms with Crippen LogP contribution in [0.5, 0.6) is 0 Å². The lowest BCUT2D eigenvalue weighted by atomic mass is 9.97. The largest absolute Gasteiger partial charge is 0.241 e. The zero-order chi connectivity index (χ0) is 13.8. The van der Waals surface area contributed by atoms with Crippen molar-refractivity contribution in [1.82, 2.24) is 4.72 Å². The molecule has 0 bridgehead atoms. The monoisotopic (exact) mass is 333 g/mol. The number of hydrogen-bond donors (Lipinski definition) is 1. The minimum atomic E-state index is -3.46. The smallest absolute Gasteiger partial charge is 0.207 e. The topological polar surface area (TPSA) is 46.2 Å². The minimum Gasteiger partial charge on any atom is -0.207 e. The van der Waals surface area contributed by atoms with Crippen LogP contribution in [-0.2, 0) is 10.0 Å². The summed E-state index contributed by atoms with van der Waals surface area (Å²) in [6.07, 6.45) is 1.50. The molecule has 0 fully saturated rings. The summed E-state index contributed by atoms with van der Waals surface area (Å²) < 4.78 is 27.7. The van der Waals surface area contributed by atoms with Crippen molar-refractivity contribution >= 4 is 26.0 Å². The van der Waals surface area contributed by atoms with E-state index in [1.807, 2.05) is 32.9 Å². The van der Waals surface area contributed by atoms with Crippen LogP contribution in [0, 0.1) is 6.92 Å². The Morgan fingerprint density at radius 3 is 2.22 bits per heavy atom. The Bertz CT molecular complexity index is 487. The first-order chi connectivity index (χ1) is 8.40. The van der Waals surface area contributed by atoms with Gasteiger partial charge in [0.1, 0.15) is 0 Å². The molecule has 102 valence electrons. The highest BCUT2D eigenvalue weighted by molar-refractivity contribution is 9.09. The quantitative estimate of drug-likeness (QED) is 0.812. The SMILES string of the molecule is CCC(CC)(CBr)NS(=O)(=O)c1ccccc1C. The van der Waals surface area contributed by atoms with Crippen molar-refractivity contribution in [1.29, 1.82) is 0 Å². The summed E-state index contributed by atoms with van der Waals surface area (Å²) in [5.74, 6) is 0. The van der Waals surface area contributed by atoms with Gasteiger partial charge in [-0.2, -0.15) is 0 Å². The van der Waals surface area contributed by atoms with Crippen LogP contribution in [0.2, 0.25) is 0 Å². The maximum absolute atomic E-state index is 12.4. The molecule has 0 saturated heterocycles. The predicted octanol–water partition coefficient (Wildman–Crippen LogP) is 3.23. The summed E-state index contributed by atoms with van der Waals surface area (Å²) in [5, 5.41) is 0.609. The molecule has 1 aromatic carbocycles. The molecule has 1 aromatic rings. The Kier molecular flexibility index (Phi) is 5.37. The number of rotatable bonds is 6. The van der Waals surface area contributed by atoms with E-state index in [-0.39, 0.29) is 0 Å². The molecule has 18 heavy (non-hydrogen) atoms. The van der Waals surface area contributed by atoms with Crippen molar-refractivity contribution in [2.75, 3.05) is 5.33 Å². The molecule has 0 atom stereocenters. The second kappa shape index (κ2) is 6.17. The van der Waals surface area contributed by atoms with Gasteiger partial charge in [0.25, 0.3) is 0 Å². The number of hydrogen-bond acceptors (Lipinski definition) is 2. The summed E-state index contributed by atoms with van der Waals surface area (Å²) in [6, 6.07) is 7.03. The van der Waals surface area contributed by atoms with Gasteiger partial charge in [-0.05, 0) is 31.4 Å². The first-order valence-corrected chi connectivity index (χ1v) is 8.67. The fourth-order valence-corrected chi connectivity index (χ4v) is 4.72. The van der Waals surface area contributed by atoms with Gasteiger partial charge in [0.05, 0.1) is 4.90 Å². The molecular weight excluding hydrogens is 314 g/mol. The van der Waals surface area contributed by atoms with Gasteiger partial charge < -0.3 is 0 Å². The highest BCUT2D eigenvalue weighted by Gasteiger charge is 2.31. The van der Waals surface area contributed by atoms with E-state index in [0.717, 1.165) is 18.4 Å². The van der Waals surface area contributed by atoms with Crippen molar-refractivity contribution in [3.05, 3.63) is 29.8 Å². The average molecular weight is 334 g/mol.